The minimum Gasteiger partial charge on any atom is -0.505 e. The van der Waals surface area contributed by atoms with Gasteiger partial charge in [-0.2, -0.15) is 27.1 Å². The summed E-state index contributed by atoms with van der Waals surface area (Å²) in [7, 11) is -8.03. The summed E-state index contributed by atoms with van der Waals surface area (Å²) in [4.78, 5) is 7.25. The molecule has 0 radical (unpaired) electrons. The second kappa shape index (κ2) is 16.3. The number of aliphatic hydroxyl groups is 2. The van der Waals surface area contributed by atoms with Gasteiger partial charge in [-0.05, 0) is 109 Å². The predicted octanol–water partition coefficient (Wildman–Crippen LogP) is 10.0. The van der Waals surface area contributed by atoms with Crippen LogP contribution < -0.4 is 4.74 Å². The van der Waals surface area contributed by atoms with E-state index in [1.807, 2.05) is 0 Å². The lowest BCUT2D eigenvalue weighted by Crippen LogP contribution is -1.99. The van der Waals surface area contributed by atoms with Crippen LogP contribution in [-0.2, 0) is 20.2 Å². The second-order valence-electron chi connectivity index (χ2n) is 12.8. The maximum Gasteiger partial charge on any atom is 0.296 e. The van der Waals surface area contributed by atoms with Gasteiger partial charge in [-0.25, -0.2) is 9.98 Å². The van der Waals surface area contributed by atoms with Crippen molar-refractivity contribution in [3.05, 3.63) is 139 Å². The molecule has 302 valence electrons. The second-order valence-corrected chi connectivity index (χ2v) is 15.6. The lowest BCUT2D eigenvalue weighted by Gasteiger charge is -2.09. The first-order chi connectivity index (χ1) is 28.6. The number of aliphatic hydroxyl groups excluding tert-OH is 2. The molecule has 0 unspecified atom stereocenters. The average Bonchev–Trinajstić information content (AvgIpc) is 3.23. The van der Waals surface area contributed by atoms with Crippen LogP contribution in [0.2, 0.25) is 0 Å². The number of fused-ring (bicyclic) bond motifs is 2. The van der Waals surface area contributed by atoms with Gasteiger partial charge < -0.3 is 25.2 Å². The number of hydrogen-bond acceptors (Lipinski definition) is 13. The molecule has 6 N–H and O–H groups in total. The number of aliphatic imine (C=N–C) groups is 2. The number of phenols is 2. The number of methoxy groups -OCH3 is 1. The summed E-state index contributed by atoms with van der Waals surface area (Å²) < 4.78 is 73.4. The predicted molar refractivity (Wildman–Crippen MR) is 223 cm³/mol. The van der Waals surface area contributed by atoms with E-state index in [-0.39, 0.29) is 55.8 Å². The van der Waals surface area contributed by atoms with E-state index in [0.29, 0.717) is 22.7 Å². The molecule has 7 aromatic rings. The monoisotopic (exact) mass is 846 g/mol. The molecule has 0 fully saturated rings. The van der Waals surface area contributed by atoms with Crippen LogP contribution in [0.15, 0.2) is 168 Å². The number of aromatic hydroxyl groups is 2. The van der Waals surface area contributed by atoms with E-state index in [1.165, 1.54) is 86.0 Å². The van der Waals surface area contributed by atoms with Gasteiger partial charge in [0.05, 0.1) is 29.9 Å². The fourth-order valence-electron chi connectivity index (χ4n) is 5.91. The minimum absolute atomic E-state index is 0.113. The summed E-state index contributed by atoms with van der Waals surface area (Å²) in [6.45, 7) is 0. The number of phenolic OH excluding ortho intramolecular Hbond substituents is 2. The Labute approximate surface area is 340 Å². The smallest absolute Gasteiger partial charge is 0.296 e. The van der Waals surface area contributed by atoms with Gasteiger partial charge in [0, 0.05) is 27.3 Å². The fraction of sp³-hybridized carbons (Fsp3) is 0.0244. The van der Waals surface area contributed by atoms with Crippen molar-refractivity contribution in [2.24, 2.45) is 30.4 Å². The molecule has 0 aliphatic rings. The van der Waals surface area contributed by atoms with Gasteiger partial charge in [-0.15, -0.1) is 10.2 Å². The van der Waals surface area contributed by atoms with Crippen LogP contribution in [0.1, 0.15) is 11.1 Å². The first-order valence-corrected chi connectivity index (χ1v) is 20.2. The Hall–Kier alpha value is -7.58. The molecule has 7 aromatic carbocycles. The minimum atomic E-state index is -4.88. The Bertz CT molecular complexity index is 3160. The van der Waals surface area contributed by atoms with Gasteiger partial charge in [0.15, 0.2) is 11.5 Å². The van der Waals surface area contributed by atoms with Crippen molar-refractivity contribution in [2.45, 2.75) is 9.79 Å². The van der Waals surface area contributed by atoms with Crippen LogP contribution in [0.4, 0.5) is 34.1 Å². The molecule has 0 atom stereocenters. The summed E-state index contributed by atoms with van der Waals surface area (Å²) in [5.74, 6) is -1.11. The SMILES string of the molecule is COc1ccc(N=Nc2c(S(=O)(=O)O)cc3cc(N=C(O)c4ccc(N=C(O)c5ccc(N=Nc6cc(S(=O)(=O)O)c7ccccc7c6O)cc5)cc4)ccc3c2O)cc1. The van der Waals surface area contributed by atoms with Crippen molar-refractivity contribution in [3.63, 3.8) is 0 Å². The number of benzene rings is 7. The van der Waals surface area contributed by atoms with Gasteiger partial charge in [0.25, 0.3) is 20.2 Å². The Morgan fingerprint density at radius 2 is 1.03 bits per heavy atom. The van der Waals surface area contributed by atoms with Crippen molar-refractivity contribution in [1.82, 2.24) is 0 Å². The summed E-state index contributed by atoms with van der Waals surface area (Å²) in [5, 5.41) is 59.7. The van der Waals surface area contributed by atoms with Crippen LogP contribution >= 0.6 is 0 Å². The van der Waals surface area contributed by atoms with Crippen LogP contribution in [-0.4, -0.2) is 65.3 Å². The van der Waals surface area contributed by atoms with Crippen LogP contribution in [0, 0.1) is 0 Å². The average molecular weight is 847 g/mol. The fourth-order valence-corrected chi connectivity index (χ4v) is 7.28. The van der Waals surface area contributed by atoms with Gasteiger partial charge in [0.2, 0.25) is 11.8 Å². The number of hydrogen-bond donors (Lipinski definition) is 6. The molecule has 0 aliphatic heterocycles. The quantitative estimate of drug-likeness (QED) is 0.0308. The molecule has 0 heterocycles. The van der Waals surface area contributed by atoms with E-state index < -0.39 is 47.4 Å². The number of azo groups is 2. The molecule has 0 saturated heterocycles. The van der Waals surface area contributed by atoms with E-state index in [4.69, 9.17) is 4.74 Å². The van der Waals surface area contributed by atoms with Gasteiger partial charge in [-0.3, -0.25) is 9.11 Å². The Balaban J connectivity index is 1.07. The highest BCUT2D eigenvalue weighted by Gasteiger charge is 2.23. The molecule has 0 aliphatic carbocycles. The topological polar surface area (TPSA) is 273 Å². The molecule has 17 nitrogen and oxygen atoms in total. The molecule has 0 bridgehead atoms. The van der Waals surface area contributed by atoms with Gasteiger partial charge in [-0.1, -0.05) is 24.3 Å². The lowest BCUT2D eigenvalue weighted by molar-refractivity contribution is 0.415. The Morgan fingerprint density at radius 1 is 0.517 bits per heavy atom. The van der Waals surface area contributed by atoms with Crippen molar-refractivity contribution in [3.8, 4) is 17.2 Å². The lowest BCUT2D eigenvalue weighted by atomic mass is 10.1. The first kappa shape index (κ1) is 40.6. The highest BCUT2D eigenvalue weighted by molar-refractivity contribution is 7.86. The van der Waals surface area contributed by atoms with Crippen LogP contribution in [0.5, 0.6) is 17.2 Å². The van der Waals surface area contributed by atoms with Crippen molar-refractivity contribution < 1.29 is 51.1 Å². The molecule has 0 aromatic heterocycles. The third-order valence-electron chi connectivity index (χ3n) is 8.88. The van der Waals surface area contributed by atoms with Crippen molar-refractivity contribution in [2.75, 3.05) is 7.11 Å². The normalized spacial score (nSPS) is 12.8. The highest BCUT2D eigenvalue weighted by atomic mass is 32.2. The van der Waals surface area contributed by atoms with Crippen LogP contribution in [0.3, 0.4) is 0 Å². The maximum atomic E-state index is 12.3. The molecule has 60 heavy (non-hydrogen) atoms. The van der Waals surface area contributed by atoms with E-state index >= 15 is 0 Å². The summed E-state index contributed by atoms with van der Waals surface area (Å²) in [6.07, 6.45) is 0. The number of nitrogens with zero attached hydrogens (tertiary/aromatic N) is 6. The summed E-state index contributed by atoms with van der Waals surface area (Å²) >= 11 is 0. The third kappa shape index (κ3) is 8.78. The zero-order chi connectivity index (χ0) is 42.8. The molecule has 19 heteroatoms. The molecular weight excluding hydrogens is 817 g/mol. The van der Waals surface area contributed by atoms with Crippen molar-refractivity contribution in [1.29, 1.82) is 0 Å². The number of rotatable bonds is 11. The van der Waals surface area contributed by atoms with Crippen molar-refractivity contribution >= 4 is 87.7 Å². The number of ether oxygens (including phenoxy) is 1. The Kier molecular flexibility index (Phi) is 11.1. The zero-order valence-corrected chi connectivity index (χ0v) is 32.5. The zero-order valence-electron chi connectivity index (χ0n) is 30.8. The van der Waals surface area contributed by atoms with E-state index in [1.54, 1.807) is 36.4 Å². The summed E-state index contributed by atoms with van der Waals surface area (Å²) in [5.41, 5.74) is 0.989. The first-order valence-electron chi connectivity index (χ1n) is 17.3. The third-order valence-corrected chi connectivity index (χ3v) is 10.6. The molecular formula is C41H30N6O11S2. The van der Waals surface area contributed by atoms with E-state index in [9.17, 15) is 46.4 Å². The Morgan fingerprint density at radius 3 is 1.62 bits per heavy atom. The van der Waals surface area contributed by atoms with Gasteiger partial charge >= 0.3 is 0 Å². The highest BCUT2D eigenvalue weighted by Crippen LogP contribution is 2.43. The molecule has 0 spiro atoms. The van der Waals surface area contributed by atoms with Crippen LogP contribution in [0.25, 0.3) is 21.5 Å². The van der Waals surface area contributed by atoms with E-state index in [2.05, 4.69) is 30.4 Å². The summed E-state index contributed by atoms with van der Waals surface area (Å²) in [6, 6.07) is 30.8. The largest absolute Gasteiger partial charge is 0.505 e. The van der Waals surface area contributed by atoms with E-state index in [0.717, 1.165) is 12.1 Å². The maximum absolute atomic E-state index is 12.3. The standard InChI is InChI=1S/C41H30N6O11S2/c1-58-30-17-14-28(15-18-30)45-47-37-36(60(55,56)57)21-25-20-29(16-19-31(25)39(37)49)43-41(51)23-6-10-26(11-7-23)42-40(50)24-8-12-27(13-9-24)44-46-34-22-35(59(52,53)54)32-4-2-3-5-33(32)38(34)48/h2-22,48-49H,1H3,(H,42,50)(H,43,51)(H,52,53,54)(H,55,56,57). The molecule has 7 rings (SSSR count). The molecule has 0 saturated carbocycles. The van der Waals surface area contributed by atoms with Gasteiger partial charge in [0.1, 0.15) is 26.9 Å². The molecule has 0 amide bonds.